The maximum Gasteiger partial charge on any atom is 0.264 e. The average Bonchev–Trinajstić information content (AvgIpc) is 2.94. The van der Waals surface area contributed by atoms with Crippen LogP contribution < -0.4 is 9.62 Å². The maximum absolute atomic E-state index is 14.0. The van der Waals surface area contributed by atoms with E-state index in [0.29, 0.717) is 34.3 Å². The lowest BCUT2D eigenvalue weighted by Crippen LogP contribution is -2.51. The first-order chi connectivity index (χ1) is 19.0. The molecule has 0 heterocycles. The van der Waals surface area contributed by atoms with Crippen molar-refractivity contribution >= 4 is 50.7 Å². The number of hydrogen-bond acceptors (Lipinski definition) is 4. The van der Waals surface area contributed by atoms with E-state index in [0.717, 1.165) is 21.9 Å². The molecule has 40 heavy (non-hydrogen) atoms. The van der Waals surface area contributed by atoms with Gasteiger partial charge in [0.25, 0.3) is 10.0 Å². The molecule has 1 N–H and O–H groups in total. The van der Waals surface area contributed by atoms with Gasteiger partial charge in [0.05, 0.1) is 20.6 Å². The minimum Gasteiger partial charge on any atom is -0.354 e. The van der Waals surface area contributed by atoms with Crippen molar-refractivity contribution in [3.8, 4) is 0 Å². The molecule has 0 fully saturated rings. The van der Waals surface area contributed by atoms with Crippen LogP contribution >= 0.6 is 23.2 Å². The highest BCUT2D eigenvalue weighted by atomic mass is 35.5. The van der Waals surface area contributed by atoms with Crippen LogP contribution in [0.3, 0.4) is 0 Å². The fourth-order valence-electron chi connectivity index (χ4n) is 4.22. The largest absolute Gasteiger partial charge is 0.354 e. The molecule has 1 unspecified atom stereocenters. The molecule has 3 rings (SSSR count). The molecule has 0 saturated heterocycles. The first-order valence-electron chi connectivity index (χ1n) is 13.2. The van der Waals surface area contributed by atoms with Gasteiger partial charge in [-0.3, -0.25) is 13.9 Å². The topological polar surface area (TPSA) is 86.8 Å². The lowest BCUT2D eigenvalue weighted by atomic mass is 10.1. The van der Waals surface area contributed by atoms with Crippen LogP contribution in [-0.4, -0.2) is 44.3 Å². The van der Waals surface area contributed by atoms with Crippen LogP contribution in [0.25, 0.3) is 0 Å². The predicted molar refractivity (Wildman–Crippen MR) is 161 cm³/mol. The van der Waals surface area contributed by atoms with Crippen molar-refractivity contribution in [2.45, 2.75) is 58.0 Å². The van der Waals surface area contributed by atoms with E-state index in [1.54, 1.807) is 49.4 Å². The summed E-state index contributed by atoms with van der Waals surface area (Å²) in [6.07, 6.45) is 1.29. The summed E-state index contributed by atoms with van der Waals surface area (Å²) >= 11 is 12.3. The normalized spacial score (nSPS) is 12.1. The Balaban J connectivity index is 2.07. The van der Waals surface area contributed by atoms with Crippen LogP contribution in [0.4, 0.5) is 5.69 Å². The first kappa shape index (κ1) is 31.5. The van der Waals surface area contributed by atoms with E-state index in [2.05, 4.69) is 5.32 Å². The lowest BCUT2D eigenvalue weighted by Gasteiger charge is -2.32. The molecule has 0 saturated carbocycles. The highest BCUT2D eigenvalue weighted by Gasteiger charge is 2.33. The second-order valence-electron chi connectivity index (χ2n) is 9.54. The number of carbonyl (C=O) groups is 2. The number of sulfonamides is 1. The molecule has 2 amide bonds. The Kier molecular flexibility index (Phi) is 11.0. The number of carbonyl (C=O) groups excluding carboxylic acids is 2. The van der Waals surface area contributed by atoms with Crippen LogP contribution in [0.5, 0.6) is 0 Å². The third kappa shape index (κ3) is 7.56. The molecular weight excluding hydrogens is 569 g/mol. The first-order valence-corrected chi connectivity index (χ1v) is 15.4. The summed E-state index contributed by atoms with van der Waals surface area (Å²) in [6, 6.07) is 17.7. The van der Waals surface area contributed by atoms with Crippen molar-refractivity contribution in [1.29, 1.82) is 0 Å². The van der Waals surface area contributed by atoms with Gasteiger partial charge in [-0.1, -0.05) is 79.0 Å². The summed E-state index contributed by atoms with van der Waals surface area (Å²) in [7, 11) is -4.13. The number of aryl methyl sites for hydroxylation is 2. The molecule has 0 spiro atoms. The molecule has 7 nitrogen and oxygen atoms in total. The third-order valence-corrected chi connectivity index (χ3v) is 9.10. The molecule has 10 heteroatoms. The Morgan fingerprint density at radius 3 is 2.25 bits per heavy atom. The van der Waals surface area contributed by atoms with Gasteiger partial charge in [0.2, 0.25) is 11.8 Å². The number of para-hydroxylation sites is 1. The second kappa shape index (κ2) is 14.0. The van der Waals surface area contributed by atoms with E-state index in [1.807, 2.05) is 32.9 Å². The number of anilines is 1. The van der Waals surface area contributed by atoms with Gasteiger partial charge in [-0.2, -0.15) is 0 Å². The SMILES string of the molecule is CCCNC(=O)C(C)N(Cc1ccc(Cl)c(Cl)c1)C(=O)CN(c1ccccc1CC)S(=O)(=O)c1ccc(C)cc1. The van der Waals surface area contributed by atoms with E-state index in [9.17, 15) is 18.0 Å². The van der Waals surface area contributed by atoms with Gasteiger partial charge in [0, 0.05) is 13.1 Å². The molecule has 3 aromatic rings. The Morgan fingerprint density at radius 1 is 0.950 bits per heavy atom. The second-order valence-corrected chi connectivity index (χ2v) is 12.2. The van der Waals surface area contributed by atoms with Crippen molar-refractivity contribution in [1.82, 2.24) is 10.2 Å². The molecule has 214 valence electrons. The smallest absolute Gasteiger partial charge is 0.264 e. The van der Waals surface area contributed by atoms with Gasteiger partial charge in [-0.05, 0) is 68.1 Å². The molecule has 0 bridgehead atoms. The monoisotopic (exact) mass is 603 g/mol. The highest BCUT2D eigenvalue weighted by molar-refractivity contribution is 7.92. The van der Waals surface area contributed by atoms with Crippen molar-refractivity contribution < 1.29 is 18.0 Å². The summed E-state index contributed by atoms with van der Waals surface area (Å²) in [5.41, 5.74) is 2.75. The Morgan fingerprint density at radius 2 is 1.62 bits per heavy atom. The Hall–Kier alpha value is -3.07. The van der Waals surface area contributed by atoms with Gasteiger partial charge >= 0.3 is 0 Å². The predicted octanol–water partition coefficient (Wildman–Crippen LogP) is 6.00. The van der Waals surface area contributed by atoms with Crippen LogP contribution in [0, 0.1) is 6.92 Å². The molecule has 0 aliphatic heterocycles. The summed E-state index contributed by atoms with van der Waals surface area (Å²) in [5, 5.41) is 3.51. The molecule has 0 aromatic heterocycles. The Bertz CT molecular complexity index is 1450. The van der Waals surface area contributed by atoms with Crippen LogP contribution in [0.15, 0.2) is 71.6 Å². The van der Waals surface area contributed by atoms with Crippen molar-refractivity contribution in [2.75, 3.05) is 17.4 Å². The van der Waals surface area contributed by atoms with Gasteiger partial charge in [0.15, 0.2) is 0 Å². The van der Waals surface area contributed by atoms with Crippen molar-refractivity contribution in [2.24, 2.45) is 0 Å². The molecule has 3 aromatic carbocycles. The maximum atomic E-state index is 14.0. The summed E-state index contributed by atoms with van der Waals surface area (Å²) in [4.78, 5) is 28.4. The van der Waals surface area contributed by atoms with E-state index in [1.165, 1.54) is 17.0 Å². The number of benzene rings is 3. The molecular formula is C30H35Cl2N3O4S. The highest BCUT2D eigenvalue weighted by Crippen LogP contribution is 2.29. The third-order valence-electron chi connectivity index (χ3n) is 6.58. The molecule has 0 radical (unpaired) electrons. The van der Waals surface area contributed by atoms with Crippen molar-refractivity contribution in [3.05, 3.63) is 93.5 Å². The minimum atomic E-state index is -4.13. The summed E-state index contributed by atoms with van der Waals surface area (Å²) in [5.74, 6) is -0.871. The number of halogens is 2. The number of nitrogens with zero attached hydrogens (tertiary/aromatic N) is 2. The minimum absolute atomic E-state index is 0.0320. The van der Waals surface area contributed by atoms with Gasteiger partial charge in [-0.15, -0.1) is 0 Å². The van der Waals surface area contributed by atoms with Gasteiger partial charge in [0.1, 0.15) is 12.6 Å². The van der Waals surface area contributed by atoms with Crippen LogP contribution in [0.1, 0.15) is 43.9 Å². The zero-order valence-corrected chi connectivity index (χ0v) is 25.5. The number of amides is 2. The molecule has 0 aliphatic carbocycles. The number of rotatable bonds is 12. The summed E-state index contributed by atoms with van der Waals surface area (Å²) in [6.45, 7) is 7.34. The van der Waals surface area contributed by atoms with E-state index < -0.39 is 28.5 Å². The Labute approximate surface area is 247 Å². The van der Waals surface area contributed by atoms with Crippen LogP contribution in [-0.2, 0) is 32.6 Å². The van der Waals surface area contributed by atoms with E-state index in [-0.39, 0.29) is 17.3 Å². The van der Waals surface area contributed by atoms with Gasteiger partial charge < -0.3 is 10.2 Å². The average molecular weight is 605 g/mol. The van der Waals surface area contributed by atoms with Crippen LogP contribution in [0.2, 0.25) is 10.0 Å². The zero-order valence-electron chi connectivity index (χ0n) is 23.2. The van der Waals surface area contributed by atoms with E-state index >= 15 is 0 Å². The number of hydrogen-bond donors (Lipinski definition) is 1. The molecule has 0 aliphatic rings. The summed E-state index contributed by atoms with van der Waals surface area (Å²) < 4.78 is 29.1. The quantitative estimate of drug-likeness (QED) is 0.275. The number of nitrogens with one attached hydrogen (secondary N) is 1. The van der Waals surface area contributed by atoms with Gasteiger partial charge in [-0.25, -0.2) is 8.42 Å². The zero-order chi connectivity index (χ0) is 29.4. The fraction of sp³-hybridized carbons (Fsp3) is 0.333. The fourth-order valence-corrected chi connectivity index (χ4v) is 5.99. The van der Waals surface area contributed by atoms with Crippen molar-refractivity contribution in [3.63, 3.8) is 0 Å². The molecule has 1 atom stereocenters. The van der Waals surface area contributed by atoms with E-state index in [4.69, 9.17) is 23.2 Å². The lowest BCUT2D eigenvalue weighted by molar-refractivity contribution is -0.139. The standard InChI is InChI=1S/C30H35Cl2N3O4S/c1-5-17-33-30(37)22(4)34(19-23-13-16-26(31)27(32)18-23)29(36)20-35(28-10-8-7-9-24(28)6-2)40(38,39)25-14-11-21(3)12-15-25/h7-16,18,22H,5-6,17,19-20H2,1-4H3,(H,33,37).